The van der Waals surface area contributed by atoms with Gasteiger partial charge in [-0.2, -0.15) is 0 Å². The minimum absolute atomic E-state index is 0.137. The van der Waals surface area contributed by atoms with E-state index in [4.69, 9.17) is 4.74 Å². The molecule has 10 heteroatoms. The van der Waals surface area contributed by atoms with Gasteiger partial charge in [0.05, 0.1) is 11.2 Å². The number of amides is 1. The van der Waals surface area contributed by atoms with Crippen molar-refractivity contribution in [3.05, 3.63) is 45.9 Å². The van der Waals surface area contributed by atoms with E-state index in [1.807, 2.05) is 0 Å². The van der Waals surface area contributed by atoms with E-state index in [1.165, 1.54) is 23.7 Å². The van der Waals surface area contributed by atoms with E-state index in [0.717, 1.165) is 17.4 Å². The van der Waals surface area contributed by atoms with Gasteiger partial charge in [-0.15, -0.1) is 24.5 Å². The van der Waals surface area contributed by atoms with Crippen LogP contribution < -0.4 is 10.1 Å². The highest BCUT2D eigenvalue weighted by Gasteiger charge is 2.32. The van der Waals surface area contributed by atoms with Gasteiger partial charge in [0, 0.05) is 12.1 Å². The summed E-state index contributed by atoms with van der Waals surface area (Å²) in [6.45, 7) is 0.867. The van der Waals surface area contributed by atoms with E-state index in [2.05, 4.69) is 15.0 Å². The number of nitrogens with one attached hydrogen (secondary N) is 1. The number of aromatic nitrogens is 1. The molecule has 0 aliphatic rings. The average Bonchev–Trinajstić information content (AvgIpc) is 2.96. The van der Waals surface area contributed by atoms with Crippen molar-refractivity contribution in [2.24, 2.45) is 0 Å². The zero-order chi connectivity index (χ0) is 18.4. The molecular formula is C15H13F3N2O4S. The van der Waals surface area contributed by atoms with E-state index in [9.17, 15) is 22.8 Å². The molecule has 134 valence electrons. The fourth-order valence-electron chi connectivity index (χ4n) is 1.81. The molecule has 6 nitrogen and oxygen atoms in total. The minimum Gasteiger partial charge on any atom is -0.451 e. The molecule has 1 aromatic heterocycles. The lowest BCUT2D eigenvalue weighted by Gasteiger charge is -2.13. The summed E-state index contributed by atoms with van der Waals surface area (Å²) in [4.78, 5) is 27.6. The van der Waals surface area contributed by atoms with Crippen LogP contribution in [0.15, 0.2) is 29.8 Å². The van der Waals surface area contributed by atoms with Crippen LogP contribution in [0.2, 0.25) is 0 Å². The average molecular weight is 374 g/mol. The minimum atomic E-state index is -4.83. The summed E-state index contributed by atoms with van der Waals surface area (Å²) >= 11 is 1.09. The number of rotatable bonds is 6. The standard InChI is InChI=1S/C15H13F3N2O4S/c1-9-13(25-8-20-9)14(22)23-7-12(21)19-6-10-4-2-3-5-11(10)24-15(16,17)18/h2-5,8H,6-7H2,1H3,(H,19,21). The third-order valence-electron chi connectivity index (χ3n) is 2.94. The predicted octanol–water partition coefficient (Wildman–Crippen LogP) is 2.82. The second kappa shape index (κ2) is 7.97. The largest absolute Gasteiger partial charge is 0.573 e. The molecule has 1 heterocycles. The van der Waals surface area contributed by atoms with Gasteiger partial charge in [-0.05, 0) is 13.0 Å². The molecule has 1 aromatic carbocycles. The summed E-state index contributed by atoms with van der Waals surface area (Å²) in [7, 11) is 0. The second-order valence-corrected chi connectivity index (χ2v) is 5.63. The summed E-state index contributed by atoms with van der Waals surface area (Å²) in [6, 6.07) is 5.42. The lowest BCUT2D eigenvalue weighted by molar-refractivity contribution is -0.274. The van der Waals surface area contributed by atoms with Gasteiger partial charge in [-0.1, -0.05) is 18.2 Å². The first-order valence-corrected chi connectivity index (χ1v) is 7.82. The van der Waals surface area contributed by atoms with Gasteiger partial charge in [0.1, 0.15) is 10.6 Å². The number of esters is 1. The van der Waals surface area contributed by atoms with Crippen LogP contribution in [0.1, 0.15) is 20.9 Å². The second-order valence-electron chi connectivity index (χ2n) is 4.78. The van der Waals surface area contributed by atoms with Crippen molar-refractivity contribution in [3.8, 4) is 5.75 Å². The molecule has 0 saturated carbocycles. The number of aryl methyl sites for hydroxylation is 1. The Balaban J connectivity index is 1.86. The van der Waals surface area contributed by atoms with Gasteiger partial charge < -0.3 is 14.8 Å². The van der Waals surface area contributed by atoms with Crippen LogP contribution in [0.5, 0.6) is 5.75 Å². The van der Waals surface area contributed by atoms with E-state index in [-0.39, 0.29) is 17.0 Å². The summed E-state index contributed by atoms with van der Waals surface area (Å²) in [5, 5.41) is 2.36. The Labute approximate surface area is 144 Å². The molecule has 0 saturated heterocycles. The molecule has 0 aliphatic carbocycles. The monoisotopic (exact) mass is 374 g/mol. The van der Waals surface area contributed by atoms with Crippen LogP contribution in [0, 0.1) is 6.92 Å². The van der Waals surface area contributed by atoms with E-state index >= 15 is 0 Å². The smallest absolute Gasteiger partial charge is 0.451 e. The predicted molar refractivity (Wildman–Crippen MR) is 82.1 cm³/mol. The molecule has 0 bridgehead atoms. The van der Waals surface area contributed by atoms with Crippen LogP contribution in [-0.2, 0) is 16.1 Å². The Kier molecular flexibility index (Phi) is 5.97. The molecule has 0 unspecified atom stereocenters. The fourth-order valence-corrected chi connectivity index (χ4v) is 2.51. The van der Waals surface area contributed by atoms with Gasteiger partial charge in [0.2, 0.25) is 0 Å². The molecule has 25 heavy (non-hydrogen) atoms. The molecule has 0 aliphatic heterocycles. The van der Waals surface area contributed by atoms with E-state index in [1.54, 1.807) is 6.92 Å². The molecule has 0 spiro atoms. The number of hydrogen-bond donors (Lipinski definition) is 1. The topological polar surface area (TPSA) is 77.5 Å². The molecule has 1 amide bonds. The number of halogens is 3. The number of carbonyl (C=O) groups is 2. The maximum atomic E-state index is 12.3. The van der Waals surface area contributed by atoms with Crippen molar-refractivity contribution in [1.29, 1.82) is 0 Å². The summed E-state index contributed by atoms with van der Waals surface area (Å²) in [5.74, 6) is -1.75. The Bertz CT molecular complexity index is 761. The number of para-hydroxylation sites is 1. The molecular weight excluding hydrogens is 361 g/mol. The van der Waals surface area contributed by atoms with Gasteiger partial charge in [0.15, 0.2) is 6.61 Å². The van der Waals surface area contributed by atoms with Gasteiger partial charge in [-0.3, -0.25) is 4.79 Å². The van der Waals surface area contributed by atoms with Gasteiger partial charge in [0.25, 0.3) is 5.91 Å². The number of nitrogens with zero attached hydrogens (tertiary/aromatic N) is 1. The van der Waals surface area contributed by atoms with Gasteiger partial charge in [-0.25, -0.2) is 9.78 Å². The van der Waals surface area contributed by atoms with E-state index < -0.39 is 30.6 Å². The third-order valence-corrected chi connectivity index (χ3v) is 3.85. The Morgan fingerprint density at radius 3 is 2.64 bits per heavy atom. The lowest BCUT2D eigenvalue weighted by atomic mass is 10.2. The number of alkyl halides is 3. The van der Waals surface area contributed by atoms with Crippen LogP contribution in [0.4, 0.5) is 13.2 Å². The maximum absolute atomic E-state index is 12.3. The quantitative estimate of drug-likeness (QED) is 0.787. The van der Waals surface area contributed by atoms with Crippen molar-refractivity contribution in [1.82, 2.24) is 10.3 Å². The molecule has 0 atom stereocenters. The highest BCUT2D eigenvalue weighted by Crippen LogP contribution is 2.26. The zero-order valence-electron chi connectivity index (χ0n) is 12.9. The number of carbonyl (C=O) groups excluding carboxylic acids is 2. The Hall–Kier alpha value is -2.62. The highest BCUT2D eigenvalue weighted by molar-refractivity contribution is 7.11. The number of hydrogen-bond acceptors (Lipinski definition) is 6. The van der Waals surface area contributed by atoms with Crippen molar-refractivity contribution in [2.45, 2.75) is 19.8 Å². The van der Waals surface area contributed by atoms with Crippen molar-refractivity contribution in [2.75, 3.05) is 6.61 Å². The first kappa shape index (κ1) is 18.7. The molecule has 0 radical (unpaired) electrons. The van der Waals surface area contributed by atoms with Crippen molar-refractivity contribution >= 4 is 23.2 Å². The zero-order valence-corrected chi connectivity index (χ0v) is 13.7. The first-order valence-electron chi connectivity index (χ1n) is 6.94. The lowest BCUT2D eigenvalue weighted by Crippen LogP contribution is -2.29. The highest BCUT2D eigenvalue weighted by atomic mass is 32.1. The van der Waals surface area contributed by atoms with Gasteiger partial charge >= 0.3 is 12.3 Å². The first-order chi connectivity index (χ1) is 11.8. The SMILES string of the molecule is Cc1ncsc1C(=O)OCC(=O)NCc1ccccc1OC(F)(F)F. The number of ether oxygens (including phenoxy) is 2. The van der Waals surface area contributed by atoms with Crippen LogP contribution in [-0.4, -0.2) is 29.8 Å². The fraction of sp³-hybridized carbons (Fsp3) is 0.267. The molecule has 2 aromatic rings. The number of thiazole rings is 1. The number of benzene rings is 1. The van der Waals surface area contributed by atoms with Crippen LogP contribution in [0.3, 0.4) is 0 Å². The Morgan fingerprint density at radius 2 is 2.00 bits per heavy atom. The third kappa shape index (κ3) is 5.75. The van der Waals surface area contributed by atoms with E-state index in [0.29, 0.717) is 5.69 Å². The maximum Gasteiger partial charge on any atom is 0.573 e. The summed E-state index contributed by atoms with van der Waals surface area (Å²) in [6.07, 6.45) is -4.83. The van der Waals surface area contributed by atoms with Crippen molar-refractivity contribution in [3.63, 3.8) is 0 Å². The van der Waals surface area contributed by atoms with Crippen molar-refractivity contribution < 1.29 is 32.2 Å². The normalized spacial score (nSPS) is 11.0. The summed E-state index contributed by atoms with van der Waals surface area (Å²) < 4.78 is 45.7. The molecule has 0 fully saturated rings. The summed E-state index contributed by atoms with van der Waals surface area (Å²) in [5.41, 5.74) is 2.11. The molecule has 1 N–H and O–H groups in total. The molecule has 2 rings (SSSR count). The van der Waals surface area contributed by atoms with Crippen LogP contribution >= 0.6 is 11.3 Å². The Morgan fingerprint density at radius 1 is 1.28 bits per heavy atom. The van der Waals surface area contributed by atoms with Crippen LogP contribution in [0.25, 0.3) is 0 Å².